The van der Waals surface area contributed by atoms with Crippen molar-refractivity contribution >= 4 is 5.78 Å². The van der Waals surface area contributed by atoms with E-state index in [9.17, 15) is 4.79 Å². The zero-order valence-electron chi connectivity index (χ0n) is 14.5. The molecule has 3 heteroatoms. The van der Waals surface area contributed by atoms with Crippen LogP contribution in [0.4, 0.5) is 0 Å². The lowest BCUT2D eigenvalue weighted by Gasteiger charge is -2.37. The van der Waals surface area contributed by atoms with Gasteiger partial charge in [-0.15, -0.1) is 0 Å². The van der Waals surface area contributed by atoms with E-state index in [1.54, 1.807) is 7.11 Å². The van der Waals surface area contributed by atoms with Crippen LogP contribution in [0.15, 0.2) is 18.3 Å². The van der Waals surface area contributed by atoms with E-state index in [1.807, 2.05) is 18.3 Å². The number of methoxy groups -OCH3 is 1. The summed E-state index contributed by atoms with van der Waals surface area (Å²) in [6, 6.07) is 3.90. The van der Waals surface area contributed by atoms with Crippen molar-refractivity contribution in [2.24, 2.45) is 29.1 Å². The van der Waals surface area contributed by atoms with Gasteiger partial charge in [-0.05, 0) is 55.9 Å². The summed E-state index contributed by atoms with van der Waals surface area (Å²) in [5, 5.41) is 0. The zero-order chi connectivity index (χ0) is 16.3. The maximum absolute atomic E-state index is 13.5. The van der Waals surface area contributed by atoms with E-state index in [4.69, 9.17) is 4.74 Å². The second-order valence-electron chi connectivity index (χ2n) is 8.88. The minimum atomic E-state index is 0.0386. The van der Waals surface area contributed by atoms with Crippen molar-refractivity contribution in [1.29, 1.82) is 0 Å². The van der Waals surface area contributed by atoms with E-state index in [-0.39, 0.29) is 11.3 Å². The number of pyridine rings is 1. The van der Waals surface area contributed by atoms with Gasteiger partial charge in [0.25, 0.3) is 0 Å². The first-order valence-electron chi connectivity index (χ1n) is 9.73. The lowest BCUT2D eigenvalue weighted by Crippen LogP contribution is -2.36. The molecule has 4 fully saturated rings. The van der Waals surface area contributed by atoms with Crippen LogP contribution in [0.2, 0.25) is 0 Å². The van der Waals surface area contributed by atoms with Crippen molar-refractivity contribution in [3.8, 4) is 5.75 Å². The average molecular weight is 325 g/mol. The van der Waals surface area contributed by atoms with Crippen LogP contribution in [0.3, 0.4) is 0 Å². The summed E-state index contributed by atoms with van der Waals surface area (Å²) in [7, 11) is 1.69. The number of hydrogen-bond donors (Lipinski definition) is 0. The number of aromatic nitrogens is 1. The lowest BCUT2D eigenvalue weighted by atomic mass is 9.66. The molecule has 1 heterocycles. The lowest BCUT2D eigenvalue weighted by molar-refractivity contribution is -0.132. The molecule has 0 radical (unpaired) electrons. The number of nitrogens with zero attached hydrogens (tertiary/aromatic N) is 1. The molecule has 0 aliphatic heterocycles. The van der Waals surface area contributed by atoms with Crippen LogP contribution in [0, 0.1) is 29.1 Å². The highest BCUT2D eigenvalue weighted by Gasteiger charge is 2.59. The van der Waals surface area contributed by atoms with Gasteiger partial charge in [0.05, 0.1) is 7.11 Å². The Bertz CT molecular complexity index is 668. The van der Waals surface area contributed by atoms with Crippen molar-refractivity contribution < 1.29 is 9.53 Å². The van der Waals surface area contributed by atoms with Gasteiger partial charge in [0.1, 0.15) is 11.5 Å². The molecule has 4 aliphatic rings. The number of Topliss-reactive ketones (excluding diaryl/α,β-unsaturated/α-hetero) is 1. The molecular weight excluding hydrogens is 298 g/mol. The average Bonchev–Trinajstić information content (AvgIpc) is 3.36. The summed E-state index contributed by atoms with van der Waals surface area (Å²) < 4.78 is 5.32. The van der Waals surface area contributed by atoms with Crippen molar-refractivity contribution in [1.82, 2.24) is 4.98 Å². The Balaban J connectivity index is 1.36. The highest BCUT2D eigenvalue weighted by Crippen LogP contribution is 2.63. The van der Waals surface area contributed by atoms with Gasteiger partial charge in [-0.1, -0.05) is 19.3 Å². The maximum Gasteiger partial charge on any atom is 0.142 e. The van der Waals surface area contributed by atoms with Crippen LogP contribution in [0.25, 0.3) is 0 Å². The third-order valence-corrected chi connectivity index (χ3v) is 7.49. The highest BCUT2D eigenvalue weighted by atomic mass is 16.5. The number of ether oxygens (including phenoxy) is 1. The van der Waals surface area contributed by atoms with E-state index in [2.05, 4.69) is 4.98 Å². The molecule has 3 nitrogen and oxygen atoms in total. The Kier molecular flexibility index (Phi) is 3.30. The summed E-state index contributed by atoms with van der Waals surface area (Å²) in [5.74, 6) is 4.52. The van der Waals surface area contributed by atoms with Crippen LogP contribution < -0.4 is 4.74 Å². The standard InChI is InChI=1S/C21H27NO2/c1-24-16-5-6-22-19(8-16)17-9-18(17)20(23)21-10-13-3-2-4-14(11-21)15(7-13)12-21/h5-6,8,13-15,17-18H,2-4,7,9-12H2,1H3. The second-order valence-corrected chi connectivity index (χ2v) is 8.88. The van der Waals surface area contributed by atoms with E-state index in [1.165, 1.54) is 44.9 Å². The third-order valence-electron chi connectivity index (χ3n) is 7.49. The van der Waals surface area contributed by atoms with Gasteiger partial charge in [-0.3, -0.25) is 9.78 Å². The molecule has 4 saturated carbocycles. The molecule has 24 heavy (non-hydrogen) atoms. The molecule has 5 rings (SSSR count). The number of ketones is 1. The molecule has 3 bridgehead atoms. The first-order chi connectivity index (χ1) is 11.7. The Hall–Kier alpha value is -1.38. The van der Waals surface area contributed by atoms with Crippen molar-refractivity contribution in [2.75, 3.05) is 7.11 Å². The topological polar surface area (TPSA) is 39.2 Å². The van der Waals surface area contributed by atoms with Gasteiger partial charge in [0, 0.05) is 35.2 Å². The Morgan fingerprint density at radius 2 is 2.08 bits per heavy atom. The summed E-state index contributed by atoms with van der Waals surface area (Å²) in [4.78, 5) is 18.0. The Morgan fingerprint density at radius 3 is 2.96 bits per heavy atom. The van der Waals surface area contributed by atoms with Crippen LogP contribution >= 0.6 is 0 Å². The zero-order valence-corrected chi connectivity index (χ0v) is 14.5. The van der Waals surface area contributed by atoms with Crippen LogP contribution in [0.5, 0.6) is 5.75 Å². The van der Waals surface area contributed by atoms with Gasteiger partial charge in [-0.2, -0.15) is 0 Å². The maximum atomic E-state index is 13.5. The molecule has 4 aliphatic carbocycles. The molecule has 6 atom stereocenters. The first-order valence-corrected chi connectivity index (χ1v) is 9.73. The summed E-state index contributed by atoms with van der Waals surface area (Å²) >= 11 is 0. The quantitative estimate of drug-likeness (QED) is 0.825. The van der Waals surface area contributed by atoms with Crippen LogP contribution in [0.1, 0.15) is 63.0 Å². The summed E-state index contributed by atoms with van der Waals surface area (Å²) in [5.41, 5.74) is 1.09. The van der Waals surface area contributed by atoms with Gasteiger partial charge in [0.2, 0.25) is 0 Å². The fourth-order valence-corrected chi connectivity index (χ4v) is 6.42. The number of fused-ring (bicyclic) bond motifs is 2. The van der Waals surface area contributed by atoms with Crippen molar-refractivity contribution in [2.45, 2.75) is 57.3 Å². The van der Waals surface area contributed by atoms with Crippen LogP contribution in [-0.4, -0.2) is 17.9 Å². The van der Waals surface area contributed by atoms with E-state index in [0.29, 0.717) is 11.7 Å². The Labute approximate surface area is 144 Å². The molecule has 1 aromatic heterocycles. The van der Waals surface area contributed by atoms with E-state index < -0.39 is 0 Å². The summed E-state index contributed by atoms with van der Waals surface area (Å²) in [6.07, 6.45) is 11.9. The van der Waals surface area contributed by atoms with Gasteiger partial charge in [0.15, 0.2) is 0 Å². The third kappa shape index (κ3) is 2.23. The largest absolute Gasteiger partial charge is 0.497 e. The monoisotopic (exact) mass is 325 g/mol. The molecular formula is C21H27NO2. The molecule has 0 aromatic carbocycles. The van der Waals surface area contributed by atoms with Crippen LogP contribution in [-0.2, 0) is 4.79 Å². The van der Waals surface area contributed by atoms with Gasteiger partial charge >= 0.3 is 0 Å². The molecule has 0 saturated heterocycles. The number of rotatable bonds is 4. The smallest absolute Gasteiger partial charge is 0.142 e. The normalized spacial score (nSPS) is 42.6. The van der Waals surface area contributed by atoms with Crippen molar-refractivity contribution in [3.63, 3.8) is 0 Å². The SMILES string of the molecule is COc1ccnc(C2CC2C(=O)C23CC4CCCC(C2)C(C4)C3)c1. The summed E-state index contributed by atoms with van der Waals surface area (Å²) in [6.45, 7) is 0. The van der Waals surface area contributed by atoms with E-state index >= 15 is 0 Å². The number of hydrogen-bond acceptors (Lipinski definition) is 3. The molecule has 0 spiro atoms. The van der Waals surface area contributed by atoms with Gasteiger partial charge < -0.3 is 4.74 Å². The highest BCUT2D eigenvalue weighted by molar-refractivity contribution is 5.91. The molecule has 0 amide bonds. The second kappa shape index (κ2) is 5.31. The van der Waals surface area contributed by atoms with Gasteiger partial charge in [-0.25, -0.2) is 0 Å². The van der Waals surface area contributed by atoms with Crippen molar-refractivity contribution in [3.05, 3.63) is 24.0 Å². The molecule has 0 N–H and O–H groups in total. The number of carbonyl (C=O) groups is 1. The Morgan fingerprint density at radius 1 is 1.21 bits per heavy atom. The fraction of sp³-hybridized carbons (Fsp3) is 0.714. The predicted molar refractivity (Wildman–Crippen MR) is 91.9 cm³/mol. The molecule has 128 valence electrons. The molecule has 6 unspecified atom stereocenters. The molecule has 1 aromatic rings. The first kappa shape index (κ1) is 14.9. The van der Waals surface area contributed by atoms with E-state index in [0.717, 1.165) is 35.6 Å². The minimum Gasteiger partial charge on any atom is -0.497 e. The number of carbonyl (C=O) groups excluding carboxylic acids is 1. The fourth-order valence-electron chi connectivity index (χ4n) is 6.42. The predicted octanol–water partition coefficient (Wildman–Crippen LogP) is 4.37. The minimum absolute atomic E-state index is 0.0386.